The number of carboxylic acid groups (broad SMARTS) is 1. The van der Waals surface area contributed by atoms with Crippen molar-refractivity contribution in [2.45, 2.75) is 50.5 Å². The summed E-state index contributed by atoms with van der Waals surface area (Å²) >= 11 is 12.5. The van der Waals surface area contributed by atoms with Gasteiger partial charge < -0.3 is 19.5 Å². The first-order valence-corrected chi connectivity index (χ1v) is 13.2. The lowest BCUT2D eigenvalue weighted by Crippen LogP contribution is -2.41. The predicted octanol–water partition coefficient (Wildman–Crippen LogP) is 7.72. The predicted molar refractivity (Wildman–Crippen MR) is 144 cm³/mol. The summed E-state index contributed by atoms with van der Waals surface area (Å²) in [7, 11) is 0. The highest BCUT2D eigenvalue weighted by atomic mass is 35.5. The molecule has 0 saturated heterocycles. The van der Waals surface area contributed by atoms with Gasteiger partial charge in [-0.15, -0.1) is 0 Å². The van der Waals surface area contributed by atoms with Crippen LogP contribution in [0.2, 0.25) is 10.0 Å². The molecule has 1 unspecified atom stereocenters. The summed E-state index contributed by atoms with van der Waals surface area (Å²) in [5.41, 5.74) is 1.93. The quantitative estimate of drug-likeness (QED) is 0.347. The van der Waals surface area contributed by atoms with Gasteiger partial charge in [-0.25, -0.2) is 0 Å². The fraction of sp³-hybridized carbons (Fsp3) is 0.310. The highest BCUT2D eigenvalue weighted by molar-refractivity contribution is 6.32. The van der Waals surface area contributed by atoms with E-state index >= 15 is 0 Å². The topological polar surface area (TPSA) is 76.1 Å². The van der Waals surface area contributed by atoms with Gasteiger partial charge in [-0.2, -0.15) is 0 Å². The number of anilines is 1. The average molecular weight is 540 g/mol. The smallest absolute Gasteiger partial charge is 0.311 e. The maximum Gasteiger partial charge on any atom is 0.311 e. The zero-order valence-corrected chi connectivity index (χ0v) is 21.7. The standard InChI is InChI=1S/C29H27Cl2NO5/c30-19-8-10-21(11-9-19)32(20-4-2-1-3-5-20)28(33)18-6-12-22(13-7-18)37-27-17-26-24(16-25(27)31)23(29(34)35)14-15-36-26/h6-13,16-17,20,23H,1-5,14-15H2,(H,34,35). The summed E-state index contributed by atoms with van der Waals surface area (Å²) in [4.78, 5) is 27.1. The molecule has 1 N–H and O–H groups in total. The number of carbonyl (C=O) groups excluding carboxylic acids is 1. The average Bonchev–Trinajstić information content (AvgIpc) is 2.91. The van der Waals surface area contributed by atoms with Crippen molar-refractivity contribution in [1.29, 1.82) is 0 Å². The Morgan fingerprint density at radius 3 is 2.30 bits per heavy atom. The van der Waals surface area contributed by atoms with Crippen molar-refractivity contribution in [2.75, 3.05) is 11.5 Å². The summed E-state index contributed by atoms with van der Waals surface area (Å²) in [6, 6.07) is 17.7. The first kappa shape index (κ1) is 25.4. The molecule has 0 radical (unpaired) electrons. The molecule has 1 saturated carbocycles. The van der Waals surface area contributed by atoms with E-state index in [2.05, 4.69) is 0 Å². The number of nitrogens with zero attached hydrogens (tertiary/aromatic N) is 1. The Morgan fingerprint density at radius 2 is 1.62 bits per heavy atom. The normalized spacial score (nSPS) is 17.4. The summed E-state index contributed by atoms with van der Waals surface area (Å²) in [6.07, 6.45) is 5.73. The fourth-order valence-corrected chi connectivity index (χ4v) is 5.43. The molecule has 1 fully saturated rings. The summed E-state index contributed by atoms with van der Waals surface area (Å²) in [6.45, 7) is 0.312. The number of halogens is 2. The maximum absolute atomic E-state index is 13.7. The second-order valence-corrected chi connectivity index (χ2v) is 10.3. The van der Waals surface area contributed by atoms with Gasteiger partial charge in [0.25, 0.3) is 5.91 Å². The van der Waals surface area contributed by atoms with Crippen molar-refractivity contribution in [3.8, 4) is 17.2 Å². The molecule has 192 valence electrons. The van der Waals surface area contributed by atoms with Crippen LogP contribution < -0.4 is 14.4 Å². The van der Waals surface area contributed by atoms with Crippen LogP contribution in [0.1, 0.15) is 60.4 Å². The third-order valence-electron chi connectivity index (χ3n) is 6.99. The molecule has 0 spiro atoms. The molecule has 1 aliphatic heterocycles. The number of benzene rings is 3. The molecule has 0 bridgehead atoms. The molecule has 3 aromatic rings. The summed E-state index contributed by atoms with van der Waals surface area (Å²) in [5.74, 6) is -0.323. The van der Waals surface area contributed by atoms with E-state index in [0.717, 1.165) is 31.4 Å². The molecule has 1 amide bonds. The lowest BCUT2D eigenvalue weighted by atomic mass is 9.93. The minimum atomic E-state index is -0.907. The number of ether oxygens (including phenoxy) is 2. The van der Waals surface area contributed by atoms with Crippen LogP contribution in [-0.4, -0.2) is 29.6 Å². The SMILES string of the molecule is O=C(O)C1CCOc2cc(Oc3ccc(C(=O)N(c4ccc(Cl)cc4)C4CCCCC4)cc3)c(Cl)cc21. The molecule has 0 aromatic heterocycles. The van der Waals surface area contributed by atoms with Gasteiger partial charge in [-0.3, -0.25) is 9.59 Å². The monoisotopic (exact) mass is 539 g/mol. The Balaban J connectivity index is 1.37. The Morgan fingerprint density at radius 1 is 0.919 bits per heavy atom. The van der Waals surface area contributed by atoms with Crippen LogP contribution in [0.25, 0.3) is 0 Å². The van der Waals surface area contributed by atoms with Crippen molar-refractivity contribution in [3.63, 3.8) is 0 Å². The number of hydrogen-bond donors (Lipinski definition) is 1. The van der Waals surface area contributed by atoms with Gasteiger partial charge >= 0.3 is 5.97 Å². The molecule has 8 heteroatoms. The van der Waals surface area contributed by atoms with Gasteiger partial charge in [0.1, 0.15) is 17.2 Å². The fourth-order valence-electron chi connectivity index (χ4n) is 5.09. The van der Waals surface area contributed by atoms with E-state index in [9.17, 15) is 14.7 Å². The van der Waals surface area contributed by atoms with E-state index < -0.39 is 11.9 Å². The summed E-state index contributed by atoms with van der Waals surface area (Å²) in [5, 5.41) is 10.4. The molecular formula is C29H27Cl2NO5. The number of aliphatic carboxylic acids is 1. The van der Waals surface area contributed by atoms with Crippen LogP contribution in [0.3, 0.4) is 0 Å². The van der Waals surface area contributed by atoms with Crippen LogP contribution in [0.4, 0.5) is 5.69 Å². The van der Waals surface area contributed by atoms with Crippen molar-refractivity contribution in [1.82, 2.24) is 0 Å². The minimum Gasteiger partial charge on any atom is -0.493 e. The van der Waals surface area contributed by atoms with Crippen LogP contribution >= 0.6 is 23.2 Å². The minimum absolute atomic E-state index is 0.0688. The molecule has 5 rings (SSSR count). The van der Waals surface area contributed by atoms with Crippen LogP contribution in [0.15, 0.2) is 60.7 Å². The zero-order chi connectivity index (χ0) is 25.9. The largest absolute Gasteiger partial charge is 0.493 e. The number of rotatable bonds is 6. The highest BCUT2D eigenvalue weighted by Gasteiger charge is 2.30. The first-order valence-electron chi connectivity index (χ1n) is 12.5. The van der Waals surface area contributed by atoms with Crippen molar-refractivity contribution in [2.24, 2.45) is 0 Å². The second-order valence-electron chi connectivity index (χ2n) is 9.42. The van der Waals surface area contributed by atoms with Gasteiger partial charge in [0.2, 0.25) is 0 Å². The molecule has 3 aromatic carbocycles. The van der Waals surface area contributed by atoms with Crippen molar-refractivity contribution < 1.29 is 24.2 Å². The van der Waals surface area contributed by atoms with Crippen molar-refractivity contribution >= 4 is 40.8 Å². The summed E-state index contributed by atoms with van der Waals surface area (Å²) < 4.78 is 11.6. The molecular weight excluding hydrogens is 513 g/mol. The second kappa shape index (κ2) is 11.0. The van der Waals surface area contributed by atoms with Crippen LogP contribution in [0, 0.1) is 0 Å². The van der Waals surface area contributed by atoms with E-state index in [4.69, 9.17) is 32.7 Å². The van der Waals surface area contributed by atoms with E-state index in [0.29, 0.717) is 51.4 Å². The lowest BCUT2D eigenvalue weighted by Gasteiger charge is -2.34. The highest BCUT2D eigenvalue weighted by Crippen LogP contribution is 2.42. The molecule has 1 heterocycles. The molecule has 1 aliphatic carbocycles. The number of carboxylic acids is 1. The van der Waals surface area contributed by atoms with Gasteiger partial charge in [-0.05, 0) is 73.9 Å². The van der Waals surface area contributed by atoms with E-state index in [-0.39, 0.29) is 11.9 Å². The van der Waals surface area contributed by atoms with Gasteiger partial charge in [0, 0.05) is 33.9 Å². The molecule has 6 nitrogen and oxygen atoms in total. The zero-order valence-electron chi connectivity index (χ0n) is 20.2. The molecule has 2 aliphatic rings. The first-order chi connectivity index (χ1) is 17.9. The number of carbonyl (C=O) groups is 2. The van der Waals surface area contributed by atoms with E-state index in [1.54, 1.807) is 36.4 Å². The third kappa shape index (κ3) is 5.55. The molecule has 37 heavy (non-hydrogen) atoms. The Kier molecular flexibility index (Phi) is 7.58. The van der Waals surface area contributed by atoms with E-state index in [1.807, 2.05) is 29.2 Å². The van der Waals surface area contributed by atoms with E-state index in [1.165, 1.54) is 6.42 Å². The molecule has 1 atom stereocenters. The maximum atomic E-state index is 13.7. The Hall–Kier alpha value is -3.22. The Bertz CT molecular complexity index is 1290. The van der Waals surface area contributed by atoms with Gasteiger partial charge in [0.15, 0.2) is 0 Å². The van der Waals surface area contributed by atoms with Crippen LogP contribution in [0.5, 0.6) is 17.2 Å². The third-order valence-corrected chi connectivity index (χ3v) is 7.54. The van der Waals surface area contributed by atoms with Gasteiger partial charge in [0.05, 0.1) is 17.5 Å². The number of hydrogen-bond acceptors (Lipinski definition) is 4. The van der Waals surface area contributed by atoms with Gasteiger partial charge in [-0.1, -0.05) is 42.5 Å². The lowest BCUT2D eigenvalue weighted by molar-refractivity contribution is -0.139. The van der Waals surface area contributed by atoms with Crippen molar-refractivity contribution in [3.05, 3.63) is 81.8 Å². The van der Waals surface area contributed by atoms with Crippen LogP contribution in [-0.2, 0) is 4.79 Å². The Labute approximate surface area is 225 Å². The number of amides is 1. The number of fused-ring (bicyclic) bond motifs is 1.